The second-order valence-electron chi connectivity index (χ2n) is 7.07. The number of rotatable bonds is 3. The highest BCUT2D eigenvalue weighted by Crippen LogP contribution is 2.26. The van der Waals surface area contributed by atoms with E-state index in [2.05, 4.69) is 9.97 Å². The summed E-state index contributed by atoms with van der Waals surface area (Å²) in [5.41, 5.74) is 2.30. The average molecular weight is 380 g/mol. The zero-order chi connectivity index (χ0) is 19.8. The smallest absolute Gasteiger partial charge is 0.336 e. The predicted octanol–water partition coefficient (Wildman–Crippen LogP) is 2.06. The van der Waals surface area contributed by atoms with Gasteiger partial charge in [-0.2, -0.15) is 0 Å². The Morgan fingerprint density at radius 1 is 1.00 bits per heavy atom. The molecule has 144 valence electrons. The first-order valence-electron chi connectivity index (χ1n) is 9.21. The number of imide groups is 1. The molecule has 1 fully saturated rings. The highest BCUT2D eigenvalue weighted by Gasteiger charge is 2.40. The molecule has 1 aromatic heterocycles. The van der Waals surface area contributed by atoms with Crippen LogP contribution in [0.2, 0.25) is 0 Å². The normalized spacial score (nSPS) is 17.1. The van der Waals surface area contributed by atoms with E-state index in [4.69, 9.17) is 4.84 Å². The molecule has 0 unspecified atom stereocenters. The molecule has 4 rings (SSSR count). The minimum absolute atomic E-state index is 0.252. The molecule has 0 aliphatic carbocycles. The number of aryl methyl sites for hydroxylation is 2. The third-order valence-corrected chi connectivity index (χ3v) is 5.02. The van der Waals surface area contributed by atoms with E-state index in [1.165, 1.54) is 0 Å². The number of carbonyl (C=O) groups excluding carboxylic acids is 3. The van der Waals surface area contributed by atoms with Crippen molar-refractivity contribution in [3.8, 4) is 0 Å². The number of aromatic nitrogens is 2. The van der Waals surface area contributed by atoms with Crippen LogP contribution in [0.4, 0.5) is 5.95 Å². The fraction of sp³-hybridized carbons (Fsp3) is 0.350. The summed E-state index contributed by atoms with van der Waals surface area (Å²) < 4.78 is 0. The Morgan fingerprint density at radius 3 is 2.07 bits per heavy atom. The highest BCUT2D eigenvalue weighted by atomic mass is 16.7. The van der Waals surface area contributed by atoms with Crippen molar-refractivity contribution in [1.82, 2.24) is 15.0 Å². The molecule has 8 heteroatoms. The van der Waals surface area contributed by atoms with Crippen LogP contribution in [0.15, 0.2) is 30.3 Å². The zero-order valence-electron chi connectivity index (χ0n) is 15.7. The van der Waals surface area contributed by atoms with Gasteiger partial charge in [0.1, 0.15) is 0 Å². The number of hydrogen-bond donors (Lipinski definition) is 0. The van der Waals surface area contributed by atoms with Gasteiger partial charge in [0, 0.05) is 24.5 Å². The van der Waals surface area contributed by atoms with Crippen LogP contribution in [-0.4, -0.2) is 45.9 Å². The fourth-order valence-electron chi connectivity index (χ4n) is 3.58. The molecule has 0 saturated carbocycles. The Balaban J connectivity index is 1.39. The molecule has 1 aromatic carbocycles. The van der Waals surface area contributed by atoms with E-state index in [9.17, 15) is 14.4 Å². The lowest BCUT2D eigenvalue weighted by atomic mass is 9.97. The molecule has 2 aliphatic heterocycles. The summed E-state index contributed by atoms with van der Waals surface area (Å²) in [6, 6.07) is 8.34. The molecule has 0 N–H and O–H groups in total. The first-order valence-corrected chi connectivity index (χ1v) is 9.21. The van der Waals surface area contributed by atoms with E-state index in [0.29, 0.717) is 36.9 Å². The van der Waals surface area contributed by atoms with E-state index >= 15 is 0 Å². The lowest BCUT2D eigenvalue weighted by Crippen LogP contribution is -2.41. The number of fused-ring (bicyclic) bond motifs is 1. The Labute approximate surface area is 162 Å². The van der Waals surface area contributed by atoms with Crippen molar-refractivity contribution < 1.29 is 19.2 Å². The number of carbonyl (C=O) groups is 3. The van der Waals surface area contributed by atoms with Gasteiger partial charge in [-0.3, -0.25) is 9.59 Å². The molecule has 8 nitrogen and oxygen atoms in total. The fourth-order valence-corrected chi connectivity index (χ4v) is 3.58. The third-order valence-electron chi connectivity index (χ3n) is 5.02. The van der Waals surface area contributed by atoms with E-state index in [-0.39, 0.29) is 17.0 Å². The van der Waals surface area contributed by atoms with Gasteiger partial charge >= 0.3 is 5.97 Å². The maximum absolute atomic E-state index is 12.5. The van der Waals surface area contributed by atoms with Crippen molar-refractivity contribution in [1.29, 1.82) is 0 Å². The SMILES string of the molecule is Cc1cc(C)nc(N2CCC(C(=O)ON3C(=O)c4ccccc4C3=O)CC2)n1. The molecule has 3 heterocycles. The van der Waals surface area contributed by atoms with Crippen molar-refractivity contribution in [2.45, 2.75) is 26.7 Å². The van der Waals surface area contributed by atoms with Crippen molar-refractivity contribution in [2.75, 3.05) is 18.0 Å². The molecule has 0 bridgehead atoms. The second kappa shape index (κ2) is 7.03. The first-order chi connectivity index (χ1) is 13.4. The third kappa shape index (κ3) is 3.21. The number of hydroxylamine groups is 2. The average Bonchev–Trinajstić information content (AvgIpc) is 2.92. The van der Waals surface area contributed by atoms with E-state index in [0.717, 1.165) is 11.4 Å². The van der Waals surface area contributed by atoms with Gasteiger partial charge in [-0.15, -0.1) is 0 Å². The largest absolute Gasteiger partial charge is 0.341 e. The topological polar surface area (TPSA) is 92.7 Å². The number of nitrogens with zero attached hydrogens (tertiary/aromatic N) is 4. The van der Waals surface area contributed by atoms with Gasteiger partial charge in [0.05, 0.1) is 17.0 Å². The zero-order valence-corrected chi connectivity index (χ0v) is 15.7. The summed E-state index contributed by atoms with van der Waals surface area (Å²) in [4.78, 5) is 53.3. The van der Waals surface area contributed by atoms with Gasteiger partial charge in [-0.1, -0.05) is 17.2 Å². The number of anilines is 1. The van der Waals surface area contributed by atoms with Crippen LogP contribution >= 0.6 is 0 Å². The van der Waals surface area contributed by atoms with Gasteiger partial charge in [-0.25, -0.2) is 14.8 Å². The second-order valence-corrected chi connectivity index (χ2v) is 7.07. The number of hydrogen-bond acceptors (Lipinski definition) is 7. The van der Waals surface area contributed by atoms with Crippen LogP contribution in [0.3, 0.4) is 0 Å². The van der Waals surface area contributed by atoms with Gasteiger partial charge < -0.3 is 9.74 Å². The van der Waals surface area contributed by atoms with Crippen LogP contribution in [0.25, 0.3) is 0 Å². The van der Waals surface area contributed by atoms with Crippen LogP contribution in [0.5, 0.6) is 0 Å². The van der Waals surface area contributed by atoms with E-state index < -0.39 is 17.8 Å². The minimum Gasteiger partial charge on any atom is -0.341 e. The molecular formula is C20H20N4O4. The Hall–Kier alpha value is -3.29. The van der Waals surface area contributed by atoms with Crippen LogP contribution in [0, 0.1) is 19.8 Å². The van der Waals surface area contributed by atoms with Crippen LogP contribution in [0.1, 0.15) is 44.9 Å². The molecule has 1 saturated heterocycles. The molecule has 0 radical (unpaired) electrons. The maximum Gasteiger partial charge on any atom is 0.336 e. The number of amides is 2. The summed E-state index contributed by atoms with van der Waals surface area (Å²) >= 11 is 0. The van der Waals surface area contributed by atoms with E-state index in [1.54, 1.807) is 24.3 Å². The summed E-state index contributed by atoms with van der Waals surface area (Å²) in [6.07, 6.45) is 1.08. The molecule has 2 aliphatic rings. The summed E-state index contributed by atoms with van der Waals surface area (Å²) in [5.74, 6) is -1.49. The maximum atomic E-state index is 12.5. The van der Waals surface area contributed by atoms with Crippen molar-refractivity contribution in [3.63, 3.8) is 0 Å². The summed E-state index contributed by atoms with van der Waals surface area (Å²) in [7, 11) is 0. The van der Waals surface area contributed by atoms with Crippen LogP contribution in [-0.2, 0) is 9.63 Å². The molecule has 0 spiro atoms. The van der Waals surface area contributed by atoms with Gasteiger partial charge in [0.2, 0.25) is 5.95 Å². The Kier molecular flexibility index (Phi) is 4.54. The van der Waals surface area contributed by atoms with Crippen LogP contribution < -0.4 is 4.90 Å². The Bertz CT molecular complexity index is 911. The molecule has 28 heavy (non-hydrogen) atoms. The summed E-state index contributed by atoms with van der Waals surface area (Å²) in [5, 5.41) is 0.576. The van der Waals surface area contributed by atoms with E-state index in [1.807, 2.05) is 24.8 Å². The molecular weight excluding hydrogens is 360 g/mol. The lowest BCUT2D eigenvalue weighted by molar-refractivity contribution is -0.174. The highest BCUT2D eigenvalue weighted by molar-refractivity contribution is 6.20. The van der Waals surface area contributed by atoms with Gasteiger partial charge in [0.25, 0.3) is 11.8 Å². The Morgan fingerprint density at radius 2 is 1.54 bits per heavy atom. The quantitative estimate of drug-likeness (QED) is 0.753. The lowest BCUT2D eigenvalue weighted by Gasteiger charge is -2.31. The van der Waals surface area contributed by atoms with Gasteiger partial charge in [-0.05, 0) is 44.9 Å². The van der Waals surface area contributed by atoms with Gasteiger partial charge in [0.15, 0.2) is 0 Å². The monoisotopic (exact) mass is 380 g/mol. The minimum atomic E-state index is -0.602. The standard InChI is InChI=1S/C20H20N4O4/c1-12-11-13(2)22-20(21-12)23-9-7-14(8-10-23)19(27)28-24-17(25)15-5-3-4-6-16(15)18(24)26/h3-6,11,14H,7-10H2,1-2H3. The summed E-state index contributed by atoms with van der Waals surface area (Å²) in [6.45, 7) is 5.05. The van der Waals surface area contributed by atoms with Crippen molar-refractivity contribution in [2.24, 2.45) is 5.92 Å². The van der Waals surface area contributed by atoms with Crippen molar-refractivity contribution >= 4 is 23.7 Å². The number of benzene rings is 1. The number of piperidine rings is 1. The molecule has 2 amide bonds. The van der Waals surface area contributed by atoms with Crippen molar-refractivity contribution in [3.05, 3.63) is 52.8 Å². The first kappa shape index (κ1) is 18.1. The predicted molar refractivity (Wildman–Crippen MR) is 99.5 cm³/mol. The molecule has 0 atom stereocenters. The molecule has 2 aromatic rings.